The van der Waals surface area contributed by atoms with Gasteiger partial charge in [-0.15, -0.1) is 11.3 Å². The van der Waals surface area contributed by atoms with Gasteiger partial charge in [0.1, 0.15) is 11.9 Å². The number of aliphatic hydroxyl groups is 1. The van der Waals surface area contributed by atoms with Gasteiger partial charge in [-0.2, -0.15) is 0 Å². The van der Waals surface area contributed by atoms with E-state index in [9.17, 15) is 9.50 Å². The highest BCUT2D eigenvalue weighted by molar-refractivity contribution is 9.12. The first kappa shape index (κ1) is 12.2. The number of aliphatic hydroxyl groups excluding tert-OH is 1. The largest absolute Gasteiger partial charge is 0.384 e. The summed E-state index contributed by atoms with van der Waals surface area (Å²) in [4.78, 5) is 3.71. The first-order valence-corrected chi connectivity index (χ1v) is 6.71. The lowest BCUT2D eigenvalue weighted by Crippen LogP contribution is -2.00. The van der Waals surface area contributed by atoms with Crippen molar-refractivity contribution >= 4 is 43.2 Å². The average Bonchev–Trinajstić information content (AvgIpc) is 2.57. The maximum atomic E-state index is 13.0. The number of pyridine rings is 1. The Labute approximate surface area is 112 Å². The second kappa shape index (κ2) is 4.91. The molecule has 0 aliphatic heterocycles. The molecule has 2 aromatic rings. The van der Waals surface area contributed by atoms with Crippen LogP contribution in [0.25, 0.3) is 0 Å². The fourth-order valence-corrected chi connectivity index (χ4v) is 4.18. The van der Waals surface area contributed by atoms with Crippen molar-refractivity contribution < 1.29 is 9.50 Å². The Morgan fingerprint density at radius 3 is 2.62 bits per heavy atom. The van der Waals surface area contributed by atoms with Crippen LogP contribution in [-0.2, 0) is 0 Å². The molecule has 0 fully saturated rings. The molecular formula is C10H6Br2FNOS. The van der Waals surface area contributed by atoms with Gasteiger partial charge in [0, 0.05) is 17.3 Å². The fourth-order valence-electron chi connectivity index (χ4n) is 1.30. The molecule has 0 bridgehead atoms. The van der Waals surface area contributed by atoms with Gasteiger partial charge in [0.05, 0.1) is 13.8 Å². The summed E-state index contributed by atoms with van der Waals surface area (Å²) in [6.45, 7) is 0. The van der Waals surface area contributed by atoms with Gasteiger partial charge in [-0.3, -0.25) is 4.98 Å². The molecule has 16 heavy (non-hydrogen) atoms. The van der Waals surface area contributed by atoms with Crippen molar-refractivity contribution in [3.8, 4) is 0 Å². The maximum Gasteiger partial charge on any atom is 0.141 e. The number of thiophene rings is 1. The molecule has 2 rings (SSSR count). The Balaban J connectivity index is 2.38. The molecule has 0 saturated heterocycles. The van der Waals surface area contributed by atoms with Crippen LogP contribution in [0.4, 0.5) is 4.39 Å². The molecule has 1 N–H and O–H groups in total. The van der Waals surface area contributed by atoms with E-state index in [1.54, 1.807) is 6.07 Å². The summed E-state index contributed by atoms with van der Waals surface area (Å²) in [5.74, 6) is -0.457. The average molecular weight is 367 g/mol. The molecule has 0 aromatic carbocycles. The van der Waals surface area contributed by atoms with E-state index in [-0.39, 0.29) is 0 Å². The molecule has 0 amide bonds. The quantitative estimate of drug-likeness (QED) is 0.874. The highest BCUT2D eigenvalue weighted by Crippen LogP contribution is 2.37. The van der Waals surface area contributed by atoms with Gasteiger partial charge in [0.25, 0.3) is 0 Å². The number of hydrogen-bond acceptors (Lipinski definition) is 3. The minimum Gasteiger partial charge on any atom is -0.384 e. The van der Waals surface area contributed by atoms with E-state index < -0.39 is 11.9 Å². The Morgan fingerprint density at radius 2 is 2.06 bits per heavy atom. The monoisotopic (exact) mass is 365 g/mol. The summed E-state index contributed by atoms with van der Waals surface area (Å²) < 4.78 is 14.7. The van der Waals surface area contributed by atoms with Crippen LogP contribution >= 0.6 is 43.2 Å². The molecule has 6 heteroatoms. The summed E-state index contributed by atoms with van der Waals surface area (Å²) in [7, 11) is 0. The van der Waals surface area contributed by atoms with E-state index in [1.165, 1.54) is 23.6 Å². The Hall–Kier alpha value is -0.300. The smallest absolute Gasteiger partial charge is 0.141 e. The minimum atomic E-state index is -0.875. The van der Waals surface area contributed by atoms with Crippen LogP contribution in [0.2, 0.25) is 0 Å². The van der Waals surface area contributed by atoms with Gasteiger partial charge in [-0.1, -0.05) is 0 Å². The molecule has 2 aromatic heterocycles. The van der Waals surface area contributed by atoms with Crippen LogP contribution in [0.3, 0.4) is 0 Å². The van der Waals surface area contributed by atoms with Crippen molar-refractivity contribution in [2.75, 3.05) is 0 Å². The van der Waals surface area contributed by atoms with E-state index in [4.69, 9.17) is 0 Å². The third-order valence-electron chi connectivity index (χ3n) is 2.02. The Morgan fingerprint density at radius 1 is 1.31 bits per heavy atom. The molecular weight excluding hydrogens is 361 g/mol. The summed E-state index contributed by atoms with van der Waals surface area (Å²) in [5, 5.41) is 10.1. The SMILES string of the molecule is OC(c1cncc(F)c1)c1cc(Br)sc1Br. The Kier molecular flexibility index (Phi) is 3.73. The second-order valence-electron chi connectivity index (χ2n) is 3.12. The minimum absolute atomic E-state index is 0.436. The lowest BCUT2D eigenvalue weighted by molar-refractivity contribution is 0.219. The Bertz CT molecular complexity index is 517. The molecule has 0 aliphatic rings. The molecule has 84 valence electrons. The van der Waals surface area contributed by atoms with Crippen molar-refractivity contribution in [1.82, 2.24) is 4.98 Å². The summed E-state index contributed by atoms with van der Waals surface area (Å²) >= 11 is 8.13. The first-order valence-electron chi connectivity index (χ1n) is 4.31. The molecule has 0 saturated carbocycles. The van der Waals surface area contributed by atoms with Crippen molar-refractivity contribution in [2.45, 2.75) is 6.10 Å². The number of halogens is 3. The molecule has 1 unspecified atom stereocenters. The zero-order chi connectivity index (χ0) is 11.7. The molecule has 0 aliphatic carbocycles. The summed E-state index contributed by atoms with van der Waals surface area (Å²) in [5.41, 5.74) is 1.13. The standard InChI is InChI=1S/C10H6Br2FNOS/c11-8-2-7(10(12)16-8)9(15)5-1-6(13)4-14-3-5/h1-4,9,15H. The van der Waals surface area contributed by atoms with Crippen molar-refractivity contribution in [3.05, 3.63) is 49.0 Å². The van der Waals surface area contributed by atoms with Gasteiger partial charge in [0.15, 0.2) is 0 Å². The molecule has 2 heterocycles. The first-order chi connectivity index (χ1) is 7.58. The van der Waals surface area contributed by atoms with Crippen LogP contribution in [-0.4, -0.2) is 10.1 Å². The normalized spacial score (nSPS) is 12.8. The maximum absolute atomic E-state index is 13.0. The fraction of sp³-hybridized carbons (Fsp3) is 0.100. The third-order valence-corrected chi connectivity index (χ3v) is 4.41. The van der Waals surface area contributed by atoms with Crippen molar-refractivity contribution in [2.24, 2.45) is 0 Å². The molecule has 1 atom stereocenters. The van der Waals surface area contributed by atoms with Gasteiger partial charge in [-0.25, -0.2) is 4.39 Å². The van der Waals surface area contributed by atoms with Crippen LogP contribution in [0.5, 0.6) is 0 Å². The lowest BCUT2D eigenvalue weighted by Gasteiger charge is -2.09. The van der Waals surface area contributed by atoms with E-state index in [0.717, 1.165) is 13.8 Å². The molecule has 0 radical (unpaired) electrons. The van der Waals surface area contributed by atoms with E-state index in [1.807, 2.05) is 0 Å². The van der Waals surface area contributed by atoms with Gasteiger partial charge >= 0.3 is 0 Å². The zero-order valence-corrected chi connectivity index (χ0v) is 11.8. The second-order valence-corrected chi connectivity index (χ2v) is 6.87. The molecule has 0 spiro atoms. The van der Waals surface area contributed by atoms with Crippen LogP contribution in [0.15, 0.2) is 32.1 Å². The summed E-state index contributed by atoms with van der Waals surface area (Å²) in [6, 6.07) is 3.07. The van der Waals surface area contributed by atoms with Crippen LogP contribution in [0, 0.1) is 5.82 Å². The lowest BCUT2D eigenvalue weighted by atomic mass is 10.1. The van der Waals surface area contributed by atoms with Crippen molar-refractivity contribution in [1.29, 1.82) is 0 Å². The number of aromatic nitrogens is 1. The van der Waals surface area contributed by atoms with Gasteiger partial charge in [0.2, 0.25) is 0 Å². The van der Waals surface area contributed by atoms with Crippen LogP contribution in [0.1, 0.15) is 17.2 Å². The summed E-state index contributed by atoms with van der Waals surface area (Å²) in [6.07, 6.45) is 1.68. The van der Waals surface area contributed by atoms with Crippen LogP contribution < -0.4 is 0 Å². The predicted molar refractivity (Wildman–Crippen MR) is 68.0 cm³/mol. The number of hydrogen-bond donors (Lipinski definition) is 1. The van der Waals surface area contributed by atoms with Gasteiger partial charge in [-0.05, 0) is 44.0 Å². The third kappa shape index (κ3) is 2.51. The molecule has 2 nitrogen and oxygen atoms in total. The topological polar surface area (TPSA) is 33.1 Å². The zero-order valence-electron chi connectivity index (χ0n) is 7.82. The predicted octanol–water partition coefficient (Wildman–Crippen LogP) is 3.89. The van der Waals surface area contributed by atoms with E-state index >= 15 is 0 Å². The van der Waals surface area contributed by atoms with Gasteiger partial charge < -0.3 is 5.11 Å². The van der Waals surface area contributed by atoms with E-state index in [2.05, 4.69) is 36.8 Å². The number of nitrogens with zero attached hydrogens (tertiary/aromatic N) is 1. The van der Waals surface area contributed by atoms with E-state index in [0.29, 0.717) is 11.1 Å². The highest BCUT2D eigenvalue weighted by Gasteiger charge is 2.17. The highest BCUT2D eigenvalue weighted by atomic mass is 79.9. The number of rotatable bonds is 2. The van der Waals surface area contributed by atoms with Crippen molar-refractivity contribution in [3.63, 3.8) is 0 Å².